The fourth-order valence-corrected chi connectivity index (χ4v) is 15.5. The van der Waals surface area contributed by atoms with Gasteiger partial charge in [-0.1, -0.05) is 291 Å². The van der Waals surface area contributed by atoms with E-state index >= 15 is 0 Å². The zero-order valence-electron chi connectivity index (χ0n) is 64.0. The van der Waals surface area contributed by atoms with Crippen LogP contribution in [0, 0.1) is 25.7 Å². The highest BCUT2D eigenvalue weighted by Crippen LogP contribution is 2.45. The summed E-state index contributed by atoms with van der Waals surface area (Å²) in [6.45, 7) is 29.9. The second-order valence-corrected chi connectivity index (χ2v) is 30.9. The van der Waals surface area contributed by atoms with Crippen LogP contribution in [0.2, 0.25) is 0 Å². The summed E-state index contributed by atoms with van der Waals surface area (Å²) < 4.78 is 0. The molecule has 0 spiro atoms. The average Bonchev–Trinajstić information content (AvgIpc) is 0.769. The summed E-state index contributed by atoms with van der Waals surface area (Å²) in [4.78, 5) is 4.90. The first-order valence-electron chi connectivity index (χ1n) is 39.0. The largest absolute Gasteiger partial charge is 0.321 e. The van der Waals surface area contributed by atoms with Crippen LogP contribution < -0.4 is 15.5 Å². The van der Waals surface area contributed by atoms with Gasteiger partial charge in [0.1, 0.15) is 0 Å². The number of nitrogens with zero attached hydrogens (tertiary/aromatic N) is 2. The molecule has 0 unspecified atom stereocenters. The zero-order chi connectivity index (χ0) is 71.9. The van der Waals surface area contributed by atoms with Gasteiger partial charge in [0.2, 0.25) is 0 Å². The molecule has 526 valence electrons. The first-order valence-corrected chi connectivity index (χ1v) is 39.0. The van der Waals surface area contributed by atoms with E-state index in [2.05, 4.69) is 342 Å². The Labute approximate surface area is 615 Å². The van der Waals surface area contributed by atoms with Gasteiger partial charge in [-0.05, 0) is 273 Å². The van der Waals surface area contributed by atoms with Gasteiger partial charge in [-0.2, -0.15) is 0 Å². The van der Waals surface area contributed by atoms with Crippen molar-refractivity contribution in [1.29, 1.82) is 0 Å². The minimum absolute atomic E-state index is 0.149. The molecule has 11 rings (SSSR count). The van der Waals surface area contributed by atoms with Crippen LogP contribution in [0.25, 0.3) is 66.8 Å². The highest BCUT2D eigenvalue weighted by atomic mass is 15.1. The summed E-state index contributed by atoms with van der Waals surface area (Å²) in [5, 5.41) is 0. The van der Waals surface area contributed by atoms with Gasteiger partial charge < -0.3 is 15.5 Å². The van der Waals surface area contributed by atoms with Crippen LogP contribution in [0.1, 0.15) is 198 Å². The molecule has 2 N–H and O–H groups in total. The molecule has 0 aliphatic heterocycles. The third-order valence-corrected chi connectivity index (χ3v) is 21.7. The Hall–Kier alpha value is -9.02. The summed E-state index contributed by atoms with van der Waals surface area (Å²) in [5.74, 6) is 1.24. The van der Waals surface area contributed by atoms with Gasteiger partial charge in [0.05, 0.1) is 0 Å². The van der Waals surface area contributed by atoms with Crippen molar-refractivity contribution < 1.29 is 0 Å². The summed E-state index contributed by atoms with van der Waals surface area (Å²) in [6, 6.07) is 93.1. The standard InChI is InChI=1S/C99H115N3/c1-14-19-21-23-25-84-69-97(95-62-60-93(67-73(95)11)102(89-53-41-81(42-54-89)77-33-29-75(30-34-77)65-71(8)9)91-57-45-83(46-58-91)79-37-49-87(50-38-79)99(100,17-4)18-5)85(26-24-22-20-15-2)68-96(84)94-61-59-92(66-72(94)10)101(88-51-39-80(40-52-88)76-31-27-74(28-32-76)64-70(6)7)90-55-43-82(44-56-90)78-35-47-86(48-36-78)98(12,13)63-16-3/h27-62,66-71H,14-26,63-65,100H2,1-13H3. The lowest BCUT2D eigenvalue weighted by molar-refractivity contribution is 0.413. The van der Waals surface area contributed by atoms with Crippen molar-refractivity contribution in [3.63, 3.8) is 0 Å². The van der Waals surface area contributed by atoms with E-state index in [1.54, 1.807) is 0 Å². The lowest BCUT2D eigenvalue weighted by Gasteiger charge is -2.28. The van der Waals surface area contributed by atoms with Gasteiger partial charge in [-0.3, -0.25) is 0 Å². The quantitative estimate of drug-likeness (QED) is 0.0427. The average molecular weight is 1350 g/mol. The molecule has 0 heterocycles. The molecule has 102 heavy (non-hydrogen) atoms. The summed E-state index contributed by atoms with van der Waals surface area (Å²) in [6.07, 6.45) is 18.0. The highest BCUT2D eigenvalue weighted by Gasteiger charge is 2.25. The Kier molecular flexibility index (Phi) is 24.9. The van der Waals surface area contributed by atoms with Crippen molar-refractivity contribution in [3.8, 4) is 66.8 Å². The van der Waals surface area contributed by atoms with E-state index in [1.807, 2.05) is 0 Å². The van der Waals surface area contributed by atoms with E-state index in [9.17, 15) is 0 Å². The number of nitrogens with two attached hydrogens (primary N) is 1. The molecule has 0 fully saturated rings. The smallest absolute Gasteiger partial charge is 0.0464 e. The van der Waals surface area contributed by atoms with Crippen LogP contribution >= 0.6 is 0 Å². The maximum Gasteiger partial charge on any atom is 0.0464 e. The van der Waals surface area contributed by atoms with Crippen LogP contribution in [0.15, 0.2) is 243 Å². The Balaban J connectivity index is 0.972. The zero-order valence-corrected chi connectivity index (χ0v) is 64.0. The molecule has 0 saturated heterocycles. The summed E-state index contributed by atoms with van der Waals surface area (Å²) >= 11 is 0. The van der Waals surface area contributed by atoms with E-state index in [1.165, 1.54) is 163 Å². The molecular weight excluding hydrogens is 1230 g/mol. The Bertz CT molecular complexity index is 4450. The van der Waals surface area contributed by atoms with Crippen molar-refractivity contribution in [2.45, 2.75) is 204 Å². The number of hydrogen-bond acceptors (Lipinski definition) is 3. The normalized spacial score (nSPS) is 11.8. The second-order valence-electron chi connectivity index (χ2n) is 30.9. The van der Waals surface area contributed by atoms with Gasteiger partial charge in [-0.25, -0.2) is 0 Å². The molecule has 11 aromatic rings. The van der Waals surface area contributed by atoms with Gasteiger partial charge in [0, 0.05) is 39.7 Å². The Morgan fingerprint density at radius 2 is 0.608 bits per heavy atom. The van der Waals surface area contributed by atoms with Crippen LogP contribution in [-0.4, -0.2) is 0 Å². The second kappa shape index (κ2) is 34.3. The van der Waals surface area contributed by atoms with Gasteiger partial charge in [0.15, 0.2) is 0 Å². The highest BCUT2D eigenvalue weighted by molar-refractivity contribution is 5.87. The minimum atomic E-state index is -0.316. The van der Waals surface area contributed by atoms with Crippen LogP contribution in [-0.2, 0) is 36.6 Å². The van der Waals surface area contributed by atoms with Crippen LogP contribution in [0.3, 0.4) is 0 Å². The molecule has 3 heteroatoms. The SMILES string of the molecule is CCCCCCc1cc(-c2ccc(N(c3ccc(-c4ccc(CC(C)C)cc4)cc3)c3ccc(-c4ccc(C(N)(CC)CC)cc4)cc3)cc2C)c(CCCCCC)cc1-c1ccc(N(c2ccc(-c3ccc(CC(C)C)cc3)cc2)c2ccc(-c3ccc(C(C)(C)CCC)cc3)cc2)cc1C. The molecule has 0 atom stereocenters. The third kappa shape index (κ3) is 17.9. The number of aryl methyl sites for hydroxylation is 4. The summed E-state index contributed by atoms with van der Waals surface area (Å²) in [7, 11) is 0. The minimum Gasteiger partial charge on any atom is -0.321 e. The number of anilines is 6. The van der Waals surface area contributed by atoms with E-state index in [4.69, 9.17) is 5.73 Å². The molecule has 11 aromatic carbocycles. The molecule has 0 amide bonds. The number of rotatable bonds is 32. The van der Waals surface area contributed by atoms with E-state index in [0.717, 1.165) is 85.5 Å². The van der Waals surface area contributed by atoms with Gasteiger partial charge >= 0.3 is 0 Å². The number of hydrogen-bond donors (Lipinski definition) is 1. The van der Waals surface area contributed by atoms with Crippen molar-refractivity contribution in [1.82, 2.24) is 0 Å². The molecule has 0 bridgehead atoms. The molecule has 0 saturated carbocycles. The molecule has 0 radical (unpaired) electrons. The monoisotopic (exact) mass is 1350 g/mol. The lowest BCUT2D eigenvalue weighted by atomic mass is 9.80. The van der Waals surface area contributed by atoms with E-state index < -0.39 is 0 Å². The number of benzene rings is 11. The maximum absolute atomic E-state index is 6.87. The number of unbranched alkanes of at least 4 members (excludes halogenated alkanes) is 6. The predicted octanol–water partition coefficient (Wildman–Crippen LogP) is 28.9. The molecule has 0 aliphatic carbocycles. The van der Waals surface area contributed by atoms with Crippen molar-refractivity contribution in [3.05, 3.63) is 287 Å². The fourth-order valence-electron chi connectivity index (χ4n) is 15.5. The summed E-state index contributed by atoms with van der Waals surface area (Å²) in [5.41, 5.74) is 39.4. The van der Waals surface area contributed by atoms with Crippen molar-refractivity contribution in [2.75, 3.05) is 9.80 Å². The van der Waals surface area contributed by atoms with Gasteiger partial charge in [-0.15, -0.1) is 0 Å². The van der Waals surface area contributed by atoms with E-state index in [-0.39, 0.29) is 11.0 Å². The van der Waals surface area contributed by atoms with Crippen LogP contribution in [0.4, 0.5) is 34.1 Å². The fraction of sp³-hybridized carbons (Fsp3) is 0.333. The molecule has 0 aliphatic rings. The molecule has 3 nitrogen and oxygen atoms in total. The Morgan fingerprint density at radius 3 is 0.892 bits per heavy atom. The first-order chi connectivity index (χ1) is 49.4. The molecule has 0 aromatic heterocycles. The maximum atomic E-state index is 6.87. The third-order valence-electron chi connectivity index (χ3n) is 21.7. The van der Waals surface area contributed by atoms with Crippen molar-refractivity contribution >= 4 is 34.1 Å². The topological polar surface area (TPSA) is 32.5 Å². The van der Waals surface area contributed by atoms with Crippen LogP contribution in [0.5, 0.6) is 0 Å². The lowest BCUT2D eigenvalue weighted by Crippen LogP contribution is -2.34. The van der Waals surface area contributed by atoms with Gasteiger partial charge in [0.25, 0.3) is 0 Å². The Morgan fingerprint density at radius 1 is 0.314 bits per heavy atom. The molecular formula is C99H115N3. The van der Waals surface area contributed by atoms with Crippen molar-refractivity contribution in [2.24, 2.45) is 17.6 Å². The first kappa shape index (κ1) is 74.2. The predicted molar refractivity (Wildman–Crippen MR) is 445 cm³/mol. The van der Waals surface area contributed by atoms with E-state index in [0.29, 0.717) is 11.8 Å².